The molecular formula is C13H11BrO3S. The minimum Gasteiger partial charge on any atom is -0.362 e. The third kappa shape index (κ3) is 2.21. The van der Waals surface area contributed by atoms with Crippen LogP contribution in [-0.4, -0.2) is 13.5 Å². The Balaban J connectivity index is 2.55. The number of sulfone groups is 1. The lowest BCUT2D eigenvalue weighted by Gasteiger charge is -2.21. The molecule has 3 nitrogen and oxygen atoms in total. The molecule has 94 valence electrons. The molecular weight excluding hydrogens is 316 g/mol. The minimum atomic E-state index is -3.92. The van der Waals surface area contributed by atoms with Crippen LogP contribution in [-0.2, 0) is 13.7 Å². The van der Waals surface area contributed by atoms with Crippen LogP contribution in [0.25, 0.3) is 0 Å². The van der Waals surface area contributed by atoms with Crippen molar-refractivity contribution in [2.45, 2.75) is 8.74 Å². The first-order valence-electron chi connectivity index (χ1n) is 5.23. The number of rotatable bonds is 3. The first kappa shape index (κ1) is 13.3. The van der Waals surface area contributed by atoms with E-state index in [-0.39, 0.29) is 10.5 Å². The summed E-state index contributed by atoms with van der Waals surface area (Å²) in [5, 5.41) is 10.3. The van der Waals surface area contributed by atoms with E-state index >= 15 is 0 Å². The fraction of sp³-hybridized carbons (Fsp3) is 0.0769. The summed E-state index contributed by atoms with van der Waals surface area (Å²) in [4.78, 5) is 0.0632. The second-order valence-corrected chi connectivity index (χ2v) is 7.49. The summed E-state index contributed by atoms with van der Waals surface area (Å²) in [6.07, 6.45) is 0. The summed E-state index contributed by atoms with van der Waals surface area (Å²) in [5.74, 6) is 0. The zero-order valence-corrected chi connectivity index (χ0v) is 11.7. The van der Waals surface area contributed by atoms with Gasteiger partial charge in [0.15, 0.2) is 0 Å². The summed E-state index contributed by atoms with van der Waals surface area (Å²) < 4.78 is 22.6. The van der Waals surface area contributed by atoms with Gasteiger partial charge >= 0.3 is 0 Å². The monoisotopic (exact) mass is 326 g/mol. The van der Waals surface area contributed by atoms with E-state index in [0.29, 0.717) is 0 Å². The van der Waals surface area contributed by atoms with E-state index in [0.717, 1.165) is 0 Å². The number of alkyl halides is 1. The molecule has 18 heavy (non-hydrogen) atoms. The Labute approximate surface area is 114 Å². The summed E-state index contributed by atoms with van der Waals surface area (Å²) in [7, 11) is -3.92. The Morgan fingerprint density at radius 2 is 1.33 bits per heavy atom. The van der Waals surface area contributed by atoms with E-state index in [9.17, 15) is 13.5 Å². The van der Waals surface area contributed by atoms with Gasteiger partial charge in [-0.2, -0.15) is 0 Å². The van der Waals surface area contributed by atoms with Gasteiger partial charge in [0.05, 0.1) is 4.90 Å². The largest absolute Gasteiger partial charge is 0.362 e. The summed E-state index contributed by atoms with van der Waals surface area (Å²) in [5.41, 5.74) is 0.272. The van der Waals surface area contributed by atoms with Gasteiger partial charge in [-0.3, -0.25) is 0 Å². The Morgan fingerprint density at radius 3 is 1.83 bits per heavy atom. The molecule has 0 aromatic heterocycles. The molecule has 1 atom stereocenters. The maximum absolute atomic E-state index is 12.4. The Kier molecular flexibility index (Phi) is 3.56. The normalized spacial score (nSPS) is 15.0. The molecule has 0 radical (unpaired) electrons. The summed E-state index contributed by atoms with van der Waals surface area (Å²) in [6.45, 7) is 0. The van der Waals surface area contributed by atoms with Crippen LogP contribution in [0.4, 0.5) is 0 Å². The van der Waals surface area contributed by atoms with Crippen molar-refractivity contribution in [3.05, 3.63) is 66.2 Å². The number of hydrogen-bond acceptors (Lipinski definition) is 3. The van der Waals surface area contributed by atoms with E-state index in [4.69, 9.17) is 0 Å². The lowest BCUT2D eigenvalue weighted by molar-refractivity contribution is 0.226. The quantitative estimate of drug-likeness (QED) is 0.882. The molecule has 0 aliphatic rings. The third-order valence-electron chi connectivity index (χ3n) is 2.54. The van der Waals surface area contributed by atoms with Gasteiger partial charge in [-0.1, -0.05) is 48.5 Å². The van der Waals surface area contributed by atoms with Crippen molar-refractivity contribution in [2.24, 2.45) is 0 Å². The predicted molar refractivity (Wildman–Crippen MR) is 72.9 cm³/mol. The van der Waals surface area contributed by atoms with Crippen molar-refractivity contribution in [1.29, 1.82) is 0 Å². The molecule has 0 aliphatic carbocycles. The van der Waals surface area contributed by atoms with Gasteiger partial charge in [0.1, 0.15) is 0 Å². The van der Waals surface area contributed by atoms with E-state index < -0.39 is 13.7 Å². The second kappa shape index (κ2) is 4.84. The average Bonchev–Trinajstić information content (AvgIpc) is 2.40. The first-order valence-corrected chi connectivity index (χ1v) is 7.50. The summed E-state index contributed by atoms with van der Waals surface area (Å²) in [6, 6.07) is 16.0. The van der Waals surface area contributed by atoms with Crippen molar-refractivity contribution in [3.8, 4) is 0 Å². The minimum absolute atomic E-state index is 0.0632. The van der Waals surface area contributed by atoms with Crippen LogP contribution in [0.3, 0.4) is 0 Å². The fourth-order valence-corrected chi connectivity index (χ4v) is 3.65. The molecule has 0 aliphatic heterocycles. The van der Waals surface area contributed by atoms with Crippen LogP contribution >= 0.6 is 15.9 Å². The fourth-order valence-electron chi connectivity index (χ4n) is 1.55. The molecule has 5 heteroatoms. The highest BCUT2D eigenvalue weighted by atomic mass is 79.9. The third-order valence-corrected chi connectivity index (χ3v) is 6.12. The van der Waals surface area contributed by atoms with Crippen LogP contribution < -0.4 is 0 Å². The molecule has 0 fully saturated rings. The van der Waals surface area contributed by atoms with Crippen molar-refractivity contribution < 1.29 is 13.5 Å². The highest BCUT2D eigenvalue weighted by molar-refractivity contribution is 9.11. The standard InChI is InChI=1S/C13H11BrO3S/c14-13(15,11-7-3-1-4-8-11)18(16,17)12-9-5-2-6-10-12/h1-10,15H. The van der Waals surface area contributed by atoms with E-state index in [1.54, 1.807) is 48.5 Å². The van der Waals surface area contributed by atoms with Gasteiger partial charge in [0.25, 0.3) is 3.84 Å². The van der Waals surface area contributed by atoms with E-state index in [1.807, 2.05) is 0 Å². The molecule has 0 saturated heterocycles. The van der Waals surface area contributed by atoms with Gasteiger partial charge in [0, 0.05) is 5.56 Å². The zero-order valence-electron chi connectivity index (χ0n) is 9.32. The van der Waals surface area contributed by atoms with Gasteiger partial charge in [-0.25, -0.2) is 8.42 Å². The number of aliphatic hydroxyl groups is 1. The molecule has 0 heterocycles. The Hall–Kier alpha value is -1.17. The number of hydrogen-bond donors (Lipinski definition) is 1. The van der Waals surface area contributed by atoms with Gasteiger partial charge in [0.2, 0.25) is 9.84 Å². The molecule has 2 rings (SSSR count). The van der Waals surface area contributed by atoms with Crippen LogP contribution in [0.5, 0.6) is 0 Å². The Morgan fingerprint density at radius 1 is 0.889 bits per heavy atom. The molecule has 1 N–H and O–H groups in total. The molecule has 0 saturated carbocycles. The maximum Gasteiger partial charge on any atom is 0.252 e. The summed E-state index contributed by atoms with van der Waals surface area (Å²) >= 11 is 2.92. The smallest absolute Gasteiger partial charge is 0.252 e. The van der Waals surface area contributed by atoms with E-state index in [2.05, 4.69) is 15.9 Å². The molecule has 0 amide bonds. The van der Waals surface area contributed by atoms with Crippen molar-refractivity contribution in [2.75, 3.05) is 0 Å². The second-order valence-electron chi connectivity index (χ2n) is 3.74. The average molecular weight is 327 g/mol. The van der Waals surface area contributed by atoms with E-state index in [1.165, 1.54) is 12.1 Å². The topological polar surface area (TPSA) is 54.4 Å². The van der Waals surface area contributed by atoms with Crippen molar-refractivity contribution in [1.82, 2.24) is 0 Å². The zero-order chi connectivity index (χ0) is 13.2. The number of halogens is 1. The lowest BCUT2D eigenvalue weighted by atomic mass is 10.2. The lowest BCUT2D eigenvalue weighted by Crippen LogP contribution is -2.29. The SMILES string of the molecule is O=S(=O)(c1ccccc1)C(O)(Br)c1ccccc1. The molecule has 2 aromatic rings. The molecule has 1 unspecified atom stereocenters. The predicted octanol–water partition coefficient (Wildman–Crippen LogP) is 2.66. The highest BCUT2D eigenvalue weighted by Gasteiger charge is 2.42. The first-order chi connectivity index (χ1) is 8.46. The van der Waals surface area contributed by atoms with Crippen molar-refractivity contribution in [3.63, 3.8) is 0 Å². The van der Waals surface area contributed by atoms with Gasteiger partial charge in [-0.15, -0.1) is 0 Å². The molecule has 2 aromatic carbocycles. The van der Waals surface area contributed by atoms with Crippen LogP contribution in [0.15, 0.2) is 65.6 Å². The number of benzene rings is 2. The Bertz CT molecular complexity index is 622. The van der Waals surface area contributed by atoms with Crippen molar-refractivity contribution >= 4 is 25.8 Å². The molecule has 0 bridgehead atoms. The van der Waals surface area contributed by atoms with Crippen LogP contribution in [0, 0.1) is 0 Å². The van der Waals surface area contributed by atoms with Crippen LogP contribution in [0.1, 0.15) is 5.56 Å². The van der Waals surface area contributed by atoms with Gasteiger partial charge < -0.3 is 5.11 Å². The highest BCUT2D eigenvalue weighted by Crippen LogP contribution is 2.38. The maximum atomic E-state index is 12.4. The van der Waals surface area contributed by atoms with Crippen LogP contribution in [0.2, 0.25) is 0 Å². The van der Waals surface area contributed by atoms with Gasteiger partial charge in [-0.05, 0) is 28.1 Å². The molecule has 0 spiro atoms.